The predicted molar refractivity (Wildman–Crippen MR) is 50.4 cm³/mol. The van der Waals surface area contributed by atoms with Crippen LogP contribution in [0.1, 0.15) is 24.1 Å². The first-order chi connectivity index (χ1) is 6.02. The first kappa shape index (κ1) is 9.67. The van der Waals surface area contributed by atoms with E-state index in [0.29, 0.717) is 5.56 Å². The molecular formula is C9H12N2O2. The molecule has 0 spiro atoms. The van der Waals surface area contributed by atoms with Crippen LogP contribution in [0.15, 0.2) is 18.2 Å². The molecule has 2 N–H and O–H groups in total. The molecule has 0 aliphatic carbocycles. The van der Waals surface area contributed by atoms with E-state index in [9.17, 15) is 10.1 Å². The molecule has 1 aromatic rings. The molecule has 0 fully saturated rings. The Balaban J connectivity index is 3.26. The van der Waals surface area contributed by atoms with E-state index in [4.69, 9.17) is 5.73 Å². The van der Waals surface area contributed by atoms with E-state index in [1.54, 1.807) is 19.1 Å². The van der Waals surface area contributed by atoms with Crippen molar-refractivity contribution in [1.29, 1.82) is 0 Å². The van der Waals surface area contributed by atoms with Gasteiger partial charge in [-0.25, -0.2) is 0 Å². The molecule has 4 nitrogen and oxygen atoms in total. The van der Waals surface area contributed by atoms with Gasteiger partial charge in [-0.15, -0.1) is 0 Å². The Labute approximate surface area is 76.5 Å². The minimum Gasteiger partial charge on any atom is -0.324 e. The lowest BCUT2D eigenvalue weighted by Gasteiger charge is -2.06. The zero-order chi connectivity index (χ0) is 10.0. The van der Waals surface area contributed by atoms with Crippen molar-refractivity contribution >= 4 is 5.69 Å². The van der Waals surface area contributed by atoms with Crippen LogP contribution in [0.25, 0.3) is 0 Å². The summed E-state index contributed by atoms with van der Waals surface area (Å²) in [7, 11) is 0. The fourth-order valence-electron chi connectivity index (χ4n) is 1.20. The average molecular weight is 180 g/mol. The lowest BCUT2D eigenvalue weighted by Crippen LogP contribution is -2.08. The topological polar surface area (TPSA) is 69.2 Å². The van der Waals surface area contributed by atoms with E-state index in [0.717, 1.165) is 5.56 Å². The average Bonchev–Trinajstić information content (AvgIpc) is 2.03. The Kier molecular flexibility index (Phi) is 2.63. The van der Waals surface area contributed by atoms with E-state index in [2.05, 4.69) is 0 Å². The lowest BCUT2D eigenvalue weighted by atomic mass is 10.0. The summed E-state index contributed by atoms with van der Waals surface area (Å²) in [6.07, 6.45) is 0. The van der Waals surface area contributed by atoms with Crippen LogP contribution in [0.2, 0.25) is 0 Å². The Morgan fingerprint density at radius 2 is 2.15 bits per heavy atom. The van der Waals surface area contributed by atoms with Crippen LogP contribution in [0.3, 0.4) is 0 Å². The van der Waals surface area contributed by atoms with Crippen LogP contribution in [0.5, 0.6) is 0 Å². The van der Waals surface area contributed by atoms with Gasteiger partial charge in [0.2, 0.25) is 0 Å². The second kappa shape index (κ2) is 3.53. The summed E-state index contributed by atoms with van der Waals surface area (Å²) in [5.74, 6) is 0. The second-order valence-electron chi connectivity index (χ2n) is 3.11. The molecule has 0 saturated carbocycles. The number of hydrogen-bond acceptors (Lipinski definition) is 3. The third kappa shape index (κ3) is 2.03. The number of nitrogens with zero attached hydrogens (tertiary/aromatic N) is 1. The molecule has 0 saturated heterocycles. The summed E-state index contributed by atoms with van der Waals surface area (Å²) in [6, 6.07) is 4.65. The van der Waals surface area contributed by atoms with E-state index in [-0.39, 0.29) is 11.7 Å². The maximum atomic E-state index is 10.6. The van der Waals surface area contributed by atoms with Gasteiger partial charge in [0.25, 0.3) is 5.69 Å². The molecule has 1 atom stereocenters. The maximum Gasteiger partial charge on any atom is 0.274 e. The second-order valence-corrected chi connectivity index (χ2v) is 3.11. The normalized spacial score (nSPS) is 12.5. The number of nitro groups is 1. The zero-order valence-corrected chi connectivity index (χ0v) is 7.65. The number of benzene rings is 1. The van der Waals surface area contributed by atoms with Crippen LogP contribution in [0.4, 0.5) is 5.69 Å². The van der Waals surface area contributed by atoms with Crippen LogP contribution in [-0.2, 0) is 0 Å². The summed E-state index contributed by atoms with van der Waals surface area (Å²) < 4.78 is 0. The van der Waals surface area contributed by atoms with Gasteiger partial charge < -0.3 is 5.73 Å². The number of aryl methyl sites for hydroxylation is 1. The van der Waals surface area contributed by atoms with Crippen molar-refractivity contribution in [1.82, 2.24) is 0 Å². The van der Waals surface area contributed by atoms with E-state index < -0.39 is 4.92 Å². The van der Waals surface area contributed by atoms with Crippen molar-refractivity contribution in [3.8, 4) is 0 Å². The highest BCUT2D eigenvalue weighted by Crippen LogP contribution is 2.24. The summed E-state index contributed by atoms with van der Waals surface area (Å²) in [5.41, 5.74) is 7.29. The SMILES string of the molecule is Cc1ccc([N+](=O)[O-])c([C@@H](C)N)c1. The molecule has 0 radical (unpaired) electrons. The molecule has 70 valence electrons. The summed E-state index contributed by atoms with van der Waals surface area (Å²) in [5, 5.41) is 10.6. The monoisotopic (exact) mass is 180 g/mol. The number of nitro benzene ring substituents is 1. The fourth-order valence-corrected chi connectivity index (χ4v) is 1.20. The fraction of sp³-hybridized carbons (Fsp3) is 0.333. The van der Waals surface area contributed by atoms with Crippen molar-refractivity contribution in [3.05, 3.63) is 39.4 Å². The summed E-state index contributed by atoms with van der Waals surface area (Å²) in [6.45, 7) is 3.62. The summed E-state index contributed by atoms with van der Waals surface area (Å²) >= 11 is 0. The van der Waals surface area contributed by atoms with Crippen molar-refractivity contribution < 1.29 is 4.92 Å². The van der Waals surface area contributed by atoms with Crippen LogP contribution in [0, 0.1) is 17.0 Å². The van der Waals surface area contributed by atoms with Crippen molar-refractivity contribution in [2.24, 2.45) is 5.73 Å². The molecule has 13 heavy (non-hydrogen) atoms. The maximum absolute atomic E-state index is 10.6. The van der Waals surface area contributed by atoms with Gasteiger partial charge in [0, 0.05) is 17.7 Å². The highest BCUT2D eigenvalue weighted by atomic mass is 16.6. The minimum atomic E-state index is -0.405. The molecule has 0 aromatic heterocycles. The summed E-state index contributed by atoms with van der Waals surface area (Å²) in [4.78, 5) is 10.2. The van der Waals surface area contributed by atoms with E-state index >= 15 is 0 Å². The highest BCUT2D eigenvalue weighted by Gasteiger charge is 2.15. The van der Waals surface area contributed by atoms with Gasteiger partial charge in [-0.2, -0.15) is 0 Å². The van der Waals surface area contributed by atoms with Crippen LogP contribution in [-0.4, -0.2) is 4.92 Å². The molecule has 0 bridgehead atoms. The number of nitrogens with two attached hydrogens (primary N) is 1. The lowest BCUT2D eigenvalue weighted by molar-refractivity contribution is -0.385. The number of rotatable bonds is 2. The van der Waals surface area contributed by atoms with Gasteiger partial charge in [-0.3, -0.25) is 10.1 Å². The Morgan fingerprint density at radius 3 is 2.62 bits per heavy atom. The van der Waals surface area contributed by atoms with Crippen molar-refractivity contribution in [2.45, 2.75) is 19.9 Å². The van der Waals surface area contributed by atoms with Gasteiger partial charge in [0.15, 0.2) is 0 Å². The van der Waals surface area contributed by atoms with E-state index in [1.165, 1.54) is 6.07 Å². The third-order valence-corrected chi connectivity index (χ3v) is 1.87. The third-order valence-electron chi connectivity index (χ3n) is 1.87. The van der Waals surface area contributed by atoms with Gasteiger partial charge in [0.05, 0.1) is 4.92 Å². The highest BCUT2D eigenvalue weighted by molar-refractivity contribution is 5.44. The van der Waals surface area contributed by atoms with Gasteiger partial charge in [0.1, 0.15) is 0 Å². The molecule has 0 heterocycles. The molecule has 0 unspecified atom stereocenters. The molecular weight excluding hydrogens is 168 g/mol. The molecule has 0 aliphatic heterocycles. The van der Waals surface area contributed by atoms with Gasteiger partial charge in [-0.1, -0.05) is 11.6 Å². The van der Waals surface area contributed by atoms with Crippen LogP contribution < -0.4 is 5.73 Å². The molecule has 0 amide bonds. The first-order valence-electron chi connectivity index (χ1n) is 4.03. The van der Waals surface area contributed by atoms with Crippen molar-refractivity contribution in [3.63, 3.8) is 0 Å². The molecule has 4 heteroatoms. The Morgan fingerprint density at radius 1 is 1.54 bits per heavy atom. The van der Waals surface area contributed by atoms with Crippen molar-refractivity contribution in [2.75, 3.05) is 0 Å². The number of hydrogen-bond donors (Lipinski definition) is 1. The molecule has 1 rings (SSSR count). The molecule has 1 aromatic carbocycles. The van der Waals surface area contributed by atoms with E-state index in [1.807, 2.05) is 6.92 Å². The smallest absolute Gasteiger partial charge is 0.274 e. The first-order valence-corrected chi connectivity index (χ1v) is 4.03. The largest absolute Gasteiger partial charge is 0.324 e. The molecule has 0 aliphatic rings. The Bertz CT molecular complexity index is 334. The standard InChI is InChI=1S/C9H12N2O2/c1-6-3-4-9(11(12)13)8(5-6)7(2)10/h3-5,7H,10H2,1-2H3/t7-/m1/s1. The predicted octanol–water partition coefficient (Wildman–Crippen LogP) is 1.92. The van der Waals surface area contributed by atoms with Crippen LogP contribution >= 0.6 is 0 Å². The van der Waals surface area contributed by atoms with Gasteiger partial charge in [-0.05, 0) is 19.9 Å². The minimum absolute atomic E-state index is 0.0978. The van der Waals surface area contributed by atoms with Gasteiger partial charge >= 0.3 is 0 Å². The quantitative estimate of drug-likeness (QED) is 0.558. The zero-order valence-electron chi connectivity index (χ0n) is 7.65. The Hall–Kier alpha value is -1.42.